The van der Waals surface area contributed by atoms with Crippen molar-refractivity contribution < 1.29 is 86.0 Å². The molecule has 1 radical (unpaired) electrons. The third-order valence-electron chi connectivity index (χ3n) is 9.46. The quantitative estimate of drug-likeness (QED) is 0.0233. The summed E-state index contributed by atoms with van der Waals surface area (Å²) in [6, 6.07) is 38.0. The number of hydrogen-bond donors (Lipinski definition) is 5. The van der Waals surface area contributed by atoms with Gasteiger partial charge in [-0.1, -0.05) is 134 Å². The number of Topliss-reactive ketones (excluding diaryl/α,β-unsaturated/α-hetero) is 1. The van der Waals surface area contributed by atoms with Gasteiger partial charge in [0, 0.05) is 56.3 Å². The molecule has 4 aromatic carbocycles. The van der Waals surface area contributed by atoms with Gasteiger partial charge in [0.15, 0.2) is 28.1 Å². The summed E-state index contributed by atoms with van der Waals surface area (Å²) in [5, 5.41) is 24.5. The van der Waals surface area contributed by atoms with Crippen molar-refractivity contribution in [1.82, 2.24) is 9.97 Å². The van der Waals surface area contributed by atoms with Gasteiger partial charge in [-0.25, -0.2) is 35.0 Å². The van der Waals surface area contributed by atoms with E-state index in [-0.39, 0.29) is 61.8 Å². The summed E-state index contributed by atoms with van der Waals surface area (Å²) in [5.41, 5.74) is 11.5. The van der Waals surface area contributed by atoms with Crippen LogP contribution in [0.5, 0.6) is 0 Å². The van der Waals surface area contributed by atoms with Crippen molar-refractivity contribution in [2.45, 2.75) is 56.5 Å². The second-order valence-corrected chi connectivity index (χ2v) is 15.7. The predicted molar refractivity (Wildman–Crippen MR) is 238 cm³/mol. The van der Waals surface area contributed by atoms with Crippen molar-refractivity contribution in [2.24, 2.45) is 11.1 Å². The number of hydrogen-bond acceptors (Lipinski definition) is 17. The first-order chi connectivity index (χ1) is 30.3. The largest absolute Gasteiger partial charge is 0.476 e. The molecule has 2 aromatic heterocycles. The fraction of sp³-hybridized carbons (Fsp3) is 0.200. The van der Waals surface area contributed by atoms with Gasteiger partial charge in [-0.05, 0) is 35.1 Å². The van der Waals surface area contributed by atoms with Crippen LogP contribution in [0.4, 0.5) is 10.3 Å². The maximum absolute atomic E-state index is 13.0. The maximum atomic E-state index is 13.0. The van der Waals surface area contributed by atoms with E-state index in [9.17, 15) is 29.1 Å². The van der Waals surface area contributed by atoms with E-state index in [2.05, 4.69) is 15.1 Å². The van der Waals surface area contributed by atoms with Gasteiger partial charge in [0.1, 0.15) is 11.4 Å². The Morgan fingerprint density at radius 2 is 0.938 bits per heavy atom. The molecule has 65 heavy (non-hydrogen) atoms. The molecule has 8 rings (SSSR count). The molecule has 2 aliphatic carbocycles. The van der Waals surface area contributed by atoms with E-state index < -0.39 is 58.8 Å². The number of ether oxygens (including phenoxy) is 2. The fourth-order valence-corrected chi connectivity index (χ4v) is 6.84. The van der Waals surface area contributed by atoms with E-state index in [4.69, 9.17) is 41.6 Å². The van der Waals surface area contributed by atoms with E-state index in [1.165, 1.54) is 10.8 Å². The van der Waals surface area contributed by atoms with Crippen LogP contribution in [0.1, 0.15) is 83.8 Å². The molecular weight excluding hydrogens is 954 g/mol. The first-order valence-electron chi connectivity index (χ1n) is 19.0. The normalized spacial score (nSPS) is 13.7. The summed E-state index contributed by atoms with van der Waals surface area (Å²) in [6.45, 7) is 0. The molecule has 0 unspecified atom stereocenters. The van der Waals surface area contributed by atoms with Gasteiger partial charge in [0.05, 0.1) is 0 Å². The molecule has 0 aliphatic heterocycles. The molecule has 0 atom stereocenters. The maximum Gasteiger partial charge on any atom is 0.378 e. The molecule has 20 heteroatoms. The van der Waals surface area contributed by atoms with Crippen LogP contribution in [0, 0.1) is 0 Å². The van der Waals surface area contributed by atoms with Crippen LogP contribution in [0.3, 0.4) is 0 Å². The minimum atomic E-state index is -1.52. The van der Waals surface area contributed by atoms with Crippen LogP contribution in [-0.2, 0) is 71.0 Å². The number of aliphatic carboxylic acids is 2. The number of nitrogens with two attached hydrogens (primary N) is 3. The zero-order valence-electron chi connectivity index (χ0n) is 33.7. The first kappa shape index (κ1) is 51.4. The van der Waals surface area contributed by atoms with Gasteiger partial charge in [-0.2, -0.15) is 0 Å². The standard InChI is InChI=1S/C22H19N3O5S.C17H17NO3.C5H4N2O3S.CH4.Y/c23-21-24-16(13-31-21)17(19(26)27)25-30-22(11-12-22)20(28)29-18(14-7-3-1-4-8-14)15-9-5-2-6-10-15;18-21-17(11-12-17)16(19)20-15(13-7-3-1-4-8-13)14-9-5-2-6-10-14;6-5-7-2(1-11-5)3(8)4(9)10;;/h1-10,13,18H,11-12H2,(H2,23,24)(H,26,27);1-10,15H,11-12,18H2;1H,(H2,6,7)(H,9,10);1H4;/b25-17-;;;;. The van der Waals surface area contributed by atoms with Crippen molar-refractivity contribution in [3.8, 4) is 0 Å². The number of carboxylic acid groups (broad SMARTS) is 2. The molecule has 17 nitrogen and oxygen atoms in total. The number of nitrogen functional groups attached to an aromatic ring is 2. The van der Waals surface area contributed by atoms with Gasteiger partial charge < -0.3 is 36.0 Å². The molecule has 2 saturated carbocycles. The third kappa shape index (κ3) is 13.6. The molecule has 0 bridgehead atoms. The van der Waals surface area contributed by atoms with Crippen molar-refractivity contribution in [3.05, 3.63) is 166 Å². The zero-order chi connectivity index (χ0) is 45.0. The molecule has 2 heterocycles. The van der Waals surface area contributed by atoms with Gasteiger partial charge in [-0.3, -0.25) is 9.63 Å². The Bertz CT molecular complexity index is 2480. The van der Waals surface area contributed by atoms with E-state index in [0.29, 0.717) is 25.7 Å². The molecule has 8 N–H and O–H groups in total. The number of nitrogens with zero attached hydrogens (tertiary/aromatic N) is 3. The smallest absolute Gasteiger partial charge is 0.378 e. The number of anilines is 2. The van der Waals surface area contributed by atoms with Crippen molar-refractivity contribution >= 4 is 68.3 Å². The van der Waals surface area contributed by atoms with Crippen LogP contribution >= 0.6 is 22.7 Å². The molecule has 0 amide bonds. The van der Waals surface area contributed by atoms with E-state index >= 15 is 0 Å². The molecule has 335 valence electrons. The number of carboxylic acids is 2. The van der Waals surface area contributed by atoms with Gasteiger partial charge in [-0.15, -0.1) is 22.7 Å². The van der Waals surface area contributed by atoms with Gasteiger partial charge in [0.2, 0.25) is 11.3 Å². The fourth-order valence-electron chi connectivity index (χ4n) is 5.75. The Morgan fingerprint density at radius 1 is 0.585 bits per heavy atom. The van der Waals surface area contributed by atoms with Gasteiger partial charge >= 0.3 is 23.9 Å². The van der Waals surface area contributed by atoms with E-state index in [0.717, 1.165) is 44.9 Å². The van der Waals surface area contributed by atoms with Crippen LogP contribution < -0.4 is 17.4 Å². The van der Waals surface area contributed by atoms with Crippen LogP contribution in [0.2, 0.25) is 0 Å². The average molecular weight is 998 g/mol. The molecular formula is C45H44N6O11S2Y. The Hall–Kier alpha value is -6.22. The average Bonchev–Trinajstić information content (AvgIpc) is 4.20. The minimum absolute atomic E-state index is 0. The van der Waals surface area contributed by atoms with Crippen molar-refractivity contribution in [3.63, 3.8) is 0 Å². The summed E-state index contributed by atoms with van der Waals surface area (Å²) in [5.74, 6) is 0.341. The van der Waals surface area contributed by atoms with Crippen molar-refractivity contribution in [2.75, 3.05) is 11.5 Å². The number of esters is 2. The summed E-state index contributed by atoms with van der Waals surface area (Å²) in [4.78, 5) is 75.2. The Morgan fingerprint density at radius 3 is 1.23 bits per heavy atom. The summed E-state index contributed by atoms with van der Waals surface area (Å²) in [6.07, 6.45) is 0.886. The number of rotatable bonds is 15. The van der Waals surface area contributed by atoms with Crippen molar-refractivity contribution in [1.29, 1.82) is 0 Å². The number of aromatic nitrogens is 2. The zero-order valence-corrected chi connectivity index (χ0v) is 38.2. The topological polar surface area (TPSA) is 279 Å². The van der Waals surface area contributed by atoms with Crippen LogP contribution in [-0.4, -0.2) is 66.8 Å². The monoisotopic (exact) mass is 997 g/mol. The first-order valence-corrected chi connectivity index (χ1v) is 20.8. The Balaban J connectivity index is 0.000000235. The number of oxime groups is 1. The molecule has 0 spiro atoms. The molecule has 2 fully saturated rings. The van der Waals surface area contributed by atoms with E-state index in [1.807, 2.05) is 121 Å². The summed E-state index contributed by atoms with van der Waals surface area (Å²) < 4.78 is 11.5. The molecule has 2 aliphatic rings. The Labute approximate surface area is 406 Å². The molecule has 6 aromatic rings. The summed E-state index contributed by atoms with van der Waals surface area (Å²) >= 11 is 2.12. The number of carbonyl (C=O) groups is 5. The predicted octanol–water partition coefficient (Wildman–Crippen LogP) is 6.76. The summed E-state index contributed by atoms with van der Waals surface area (Å²) in [7, 11) is 0. The number of thiazole rings is 2. The Kier molecular flexibility index (Phi) is 18.7. The third-order valence-corrected chi connectivity index (χ3v) is 10.8. The number of carbonyl (C=O) groups excluding carboxylic acids is 3. The van der Waals surface area contributed by atoms with E-state index in [1.54, 1.807) is 0 Å². The molecule has 0 saturated heterocycles. The second-order valence-electron chi connectivity index (χ2n) is 13.9. The number of benzene rings is 4. The second kappa shape index (κ2) is 23.6. The SMILES string of the molecule is C.NOC1(C(=O)OC(c2ccccc2)c2ccccc2)CC1.Nc1nc(/C(=N/OC2(C(=O)OC(c3ccccc3)c3ccccc3)CC2)C(=O)O)cs1.Nc1nc(C(=O)C(=O)O)cs1.[Y]. The van der Waals surface area contributed by atoms with Gasteiger partial charge in [0.25, 0.3) is 5.78 Å². The minimum Gasteiger partial charge on any atom is -0.476 e. The number of ketones is 1. The van der Waals surface area contributed by atoms with Crippen LogP contribution in [0.25, 0.3) is 0 Å². The van der Waals surface area contributed by atoms with Crippen LogP contribution in [0.15, 0.2) is 137 Å².